The van der Waals surface area contributed by atoms with Crippen LogP contribution in [0.15, 0.2) is 28.8 Å². The molecule has 0 radical (unpaired) electrons. The van der Waals surface area contributed by atoms with Crippen molar-refractivity contribution in [1.82, 2.24) is 10.1 Å². The van der Waals surface area contributed by atoms with E-state index in [-0.39, 0.29) is 23.7 Å². The first-order valence-electron chi connectivity index (χ1n) is 7.90. The van der Waals surface area contributed by atoms with Crippen LogP contribution in [0.2, 0.25) is 0 Å². The molecule has 1 aromatic heterocycles. The fraction of sp³-hybridized carbons (Fsp3) is 0.438. The summed E-state index contributed by atoms with van der Waals surface area (Å²) in [5, 5.41) is 6.12. The summed E-state index contributed by atoms with van der Waals surface area (Å²) in [6.45, 7) is 0. The van der Waals surface area contributed by atoms with Gasteiger partial charge in [-0.25, -0.2) is 0 Å². The Morgan fingerprint density at radius 3 is 2.56 bits per heavy atom. The van der Waals surface area contributed by atoms with Gasteiger partial charge in [-0.05, 0) is 43.5 Å². The van der Waals surface area contributed by atoms with Crippen LogP contribution in [-0.2, 0) is 11.0 Å². The van der Waals surface area contributed by atoms with Crippen molar-refractivity contribution in [2.75, 3.05) is 5.32 Å². The minimum atomic E-state index is -4.68. The molecular formula is C16H17F3N4O2. The normalized spacial score (nSPS) is 21.1. The molecule has 0 aliphatic heterocycles. The lowest BCUT2D eigenvalue weighted by Gasteiger charge is -2.25. The van der Waals surface area contributed by atoms with Crippen LogP contribution in [-0.4, -0.2) is 22.1 Å². The van der Waals surface area contributed by atoms with E-state index in [1.54, 1.807) is 12.1 Å². The van der Waals surface area contributed by atoms with Crippen molar-refractivity contribution in [1.29, 1.82) is 0 Å². The van der Waals surface area contributed by atoms with Crippen molar-refractivity contribution in [3.8, 4) is 11.4 Å². The van der Waals surface area contributed by atoms with Gasteiger partial charge in [-0.1, -0.05) is 11.6 Å². The smallest absolute Gasteiger partial charge is 0.329 e. The molecule has 1 fully saturated rings. The van der Waals surface area contributed by atoms with Crippen molar-refractivity contribution in [3.05, 3.63) is 30.2 Å². The Morgan fingerprint density at radius 1 is 1.24 bits per heavy atom. The Hall–Kier alpha value is -2.42. The highest BCUT2D eigenvalue weighted by molar-refractivity contribution is 5.92. The number of halogens is 3. The Kier molecular flexibility index (Phi) is 4.76. The number of carbonyl (C=O) groups excluding carboxylic acids is 1. The van der Waals surface area contributed by atoms with Gasteiger partial charge in [-0.15, -0.1) is 0 Å². The number of aromatic nitrogens is 2. The van der Waals surface area contributed by atoms with E-state index in [0.29, 0.717) is 17.7 Å². The monoisotopic (exact) mass is 354 g/mol. The van der Waals surface area contributed by atoms with Crippen molar-refractivity contribution < 1.29 is 22.5 Å². The van der Waals surface area contributed by atoms with E-state index >= 15 is 0 Å². The standard InChI is InChI=1S/C16H17F3N4O2/c17-16(18,19)15-22-13(23-25-15)9-4-6-12(7-5-9)21-14(24)10-2-1-3-11(20)8-10/h4-7,10-11H,1-3,8,20H2,(H,21,24). The molecule has 1 aliphatic rings. The minimum Gasteiger partial charge on any atom is -0.329 e. The number of carbonyl (C=O) groups is 1. The first kappa shape index (κ1) is 17.4. The van der Waals surface area contributed by atoms with E-state index in [9.17, 15) is 18.0 Å². The number of nitrogens with two attached hydrogens (primary N) is 1. The predicted molar refractivity (Wildman–Crippen MR) is 83.3 cm³/mol. The summed E-state index contributed by atoms with van der Waals surface area (Å²) in [4.78, 5) is 15.6. The van der Waals surface area contributed by atoms with E-state index in [4.69, 9.17) is 5.73 Å². The Bertz CT molecular complexity index is 743. The van der Waals surface area contributed by atoms with E-state index < -0.39 is 12.1 Å². The van der Waals surface area contributed by atoms with Gasteiger partial charge in [0, 0.05) is 23.2 Å². The third kappa shape index (κ3) is 4.16. The van der Waals surface area contributed by atoms with Crippen LogP contribution in [0.5, 0.6) is 0 Å². The average Bonchev–Trinajstić information content (AvgIpc) is 3.06. The highest BCUT2D eigenvalue weighted by atomic mass is 19.4. The third-order valence-corrected chi connectivity index (χ3v) is 4.16. The minimum absolute atomic E-state index is 0.0490. The maximum absolute atomic E-state index is 12.5. The maximum Gasteiger partial charge on any atom is 0.471 e. The van der Waals surface area contributed by atoms with Crippen LogP contribution in [0.4, 0.5) is 18.9 Å². The number of hydrogen-bond donors (Lipinski definition) is 2. The van der Waals surface area contributed by atoms with Crippen molar-refractivity contribution in [3.63, 3.8) is 0 Å². The molecule has 2 unspecified atom stereocenters. The predicted octanol–water partition coefficient (Wildman–Crippen LogP) is 3.21. The van der Waals surface area contributed by atoms with Crippen molar-refractivity contribution in [2.45, 2.75) is 37.9 Å². The lowest BCUT2D eigenvalue weighted by Crippen LogP contribution is -2.34. The fourth-order valence-corrected chi connectivity index (χ4v) is 2.87. The van der Waals surface area contributed by atoms with Gasteiger partial charge in [-0.3, -0.25) is 4.79 Å². The molecule has 3 N–H and O–H groups in total. The van der Waals surface area contributed by atoms with E-state index in [2.05, 4.69) is 20.0 Å². The van der Waals surface area contributed by atoms with Gasteiger partial charge < -0.3 is 15.6 Å². The number of nitrogens with zero attached hydrogens (tertiary/aromatic N) is 2. The molecule has 0 spiro atoms. The number of nitrogens with one attached hydrogen (secondary N) is 1. The Labute approximate surface area is 141 Å². The van der Waals surface area contributed by atoms with Crippen LogP contribution in [0.25, 0.3) is 11.4 Å². The number of rotatable bonds is 3. The summed E-state index contributed by atoms with van der Waals surface area (Å²) in [5.74, 6) is -1.77. The molecule has 0 bridgehead atoms. The highest BCUT2D eigenvalue weighted by Crippen LogP contribution is 2.30. The second kappa shape index (κ2) is 6.83. The van der Waals surface area contributed by atoms with Crippen LogP contribution in [0.3, 0.4) is 0 Å². The lowest BCUT2D eigenvalue weighted by molar-refractivity contribution is -0.159. The molecule has 3 rings (SSSR count). The molecule has 2 atom stereocenters. The first-order valence-corrected chi connectivity index (χ1v) is 7.90. The van der Waals surface area contributed by atoms with E-state index in [1.807, 2.05) is 0 Å². The molecule has 6 nitrogen and oxygen atoms in total. The third-order valence-electron chi connectivity index (χ3n) is 4.16. The van der Waals surface area contributed by atoms with Gasteiger partial charge in [0.1, 0.15) is 0 Å². The van der Waals surface area contributed by atoms with Crippen LogP contribution in [0.1, 0.15) is 31.6 Å². The van der Waals surface area contributed by atoms with E-state index in [1.165, 1.54) is 12.1 Å². The molecule has 9 heteroatoms. The maximum atomic E-state index is 12.5. The Balaban J connectivity index is 1.66. The number of amides is 1. The summed E-state index contributed by atoms with van der Waals surface area (Å²) in [6.07, 6.45) is -1.35. The van der Waals surface area contributed by atoms with Crippen molar-refractivity contribution in [2.24, 2.45) is 11.7 Å². The van der Waals surface area contributed by atoms with Crippen LogP contribution >= 0.6 is 0 Å². The zero-order valence-electron chi connectivity index (χ0n) is 13.2. The molecule has 134 valence electrons. The summed E-state index contributed by atoms with van der Waals surface area (Å²) in [6, 6.07) is 6.26. The SMILES string of the molecule is NC1CCCC(C(=O)Nc2ccc(-c3noc(C(F)(F)F)n3)cc2)C1. The second-order valence-corrected chi connectivity index (χ2v) is 6.11. The second-order valence-electron chi connectivity index (χ2n) is 6.11. The number of hydrogen-bond acceptors (Lipinski definition) is 5. The van der Waals surface area contributed by atoms with Gasteiger partial charge in [-0.2, -0.15) is 18.2 Å². The molecule has 1 amide bonds. The summed E-state index contributed by atoms with van der Waals surface area (Å²) >= 11 is 0. The van der Waals surface area contributed by atoms with Gasteiger partial charge in [0.2, 0.25) is 11.7 Å². The highest BCUT2D eigenvalue weighted by Gasteiger charge is 2.38. The van der Waals surface area contributed by atoms with Gasteiger partial charge in [0.25, 0.3) is 0 Å². The molecule has 25 heavy (non-hydrogen) atoms. The van der Waals surface area contributed by atoms with Gasteiger partial charge in [0.05, 0.1) is 0 Å². The molecular weight excluding hydrogens is 337 g/mol. The quantitative estimate of drug-likeness (QED) is 0.883. The van der Waals surface area contributed by atoms with Gasteiger partial charge >= 0.3 is 12.1 Å². The lowest BCUT2D eigenvalue weighted by atomic mass is 9.85. The summed E-state index contributed by atoms with van der Waals surface area (Å²) < 4.78 is 41.6. The largest absolute Gasteiger partial charge is 0.471 e. The molecule has 0 saturated heterocycles. The first-order chi connectivity index (χ1) is 11.8. The van der Waals surface area contributed by atoms with E-state index in [0.717, 1.165) is 19.3 Å². The van der Waals surface area contributed by atoms with Crippen molar-refractivity contribution >= 4 is 11.6 Å². The molecule has 1 aromatic carbocycles. The average molecular weight is 354 g/mol. The number of alkyl halides is 3. The Morgan fingerprint density at radius 2 is 1.96 bits per heavy atom. The fourth-order valence-electron chi connectivity index (χ4n) is 2.87. The molecule has 1 heterocycles. The number of anilines is 1. The zero-order valence-corrected chi connectivity index (χ0v) is 13.2. The summed E-state index contributed by atoms with van der Waals surface area (Å²) in [7, 11) is 0. The molecule has 1 saturated carbocycles. The topological polar surface area (TPSA) is 94.0 Å². The van der Waals surface area contributed by atoms with Crippen LogP contribution in [0, 0.1) is 5.92 Å². The molecule has 2 aromatic rings. The molecule has 1 aliphatic carbocycles. The number of benzene rings is 1. The van der Waals surface area contributed by atoms with Gasteiger partial charge in [0.15, 0.2) is 0 Å². The zero-order chi connectivity index (χ0) is 18.0. The van der Waals surface area contributed by atoms with Crippen LogP contribution < -0.4 is 11.1 Å². The summed E-state index contributed by atoms with van der Waals surface area (Å²) in [5.41, 5.74) is 6.80.